The molecule has 18 heterocycles. The minimum atomic E-state index is -2.38. The molecule has 0 radical (unpaired) electrons. The predicted octanol–water partition coefficient (Wildman–Crippen LogP) is -10.7. The molecule has 18 aliphatic heterocycles. The topological polar surface area (TPSA) is 548 Å². The molecule has 0 amide bonds. The molecule has 0 aromatic heterocycles. The van der Waals surface area contributed by atoms with Crippen molar-refractivity contribution in [3.05, 3.63) is 0 Å². The maximum Gasteiger partial charge on any atom is 0.189 e. The summed E-state index contributed by atoms with van der Waals surface area (Å²) in [5.41, 5.74) is 0. The first-order valence-electron chi connectivity index (χ1n) is 28.5. The maximum absolute atomic E-state index is 12.2. The number of carbonyl (C=O) groups excluding carboxylic acids is 2. The highest BCUT2D eigenvalue weighted by Crippen LogP contribution is 2.39. The van der Waals surface area contributed by atoms with Crippen molar-refractivity contribution in [2.75, 3.05) is 49.4 Å². The Hall–Kier alpha value is -1.28. The van der Waals surface area contributed by atoms with E-state index in [-0.39, 0.29) is 34.6 Å². The van der Waals surface area contributed by atoms with E-state index in [9.17, 15) is 107 Å². The Bertz CT molecular complexity index is 2150. The van der Waals surface area contributed by atoms with Gasteiger partial charge in [-0.25, -0.2) is 0 Å². The molecule has 37 heteroatoms. The third kappa shape index (κ3) is 17.0. The van der Waals surface area contributed by atoms with Gasteiger partial charge in [0.15, 0.2) is 56.6 Å². The van der Waals surface area contributed by atoms with Crippen molar-refractivity contribution < 1.29 is 173 Å². The van der Waals surface area contributed by atoms with Gasteiger partial charge in [0.05, 0.1) is 38.6 Å². The molecule has 0 aromatic rings. The normalized spacial score (nSPS) is 48.8. The summed E-state index contributed by atoms with van der Waals surface area (Å²) < 4.78 is 81.1. The Kier molecular flexibility index (Phi) is 27.7. The number of hydrogen-bond donors (Lipinski definition) is 19. The van der Waals surface area contributed by atoms with Crippen LogP contribution in [0.3, 0.4) is 0 Å². The van der Waals surface area contributed by atoms with Crippen molar-refractivity contribution >= 4 is 35.1 Å². The van der Waals surface area contributed by atoms with Gasteiger partial charge >= 0.3 is 0 Å². The molecule has 0 aromatic carbocycles. The third-order valence-electron chi connectivity index (χ3n) is 16.2. The third-order valence-corrected chi connectivity index (χ3v) is 18.8. The lowest BCUT2D eigenvalue weighted by Crippen LogP contribution is -2.68. The van der Waals surface area contributed by atoms with Gasteiger partial charge in [0, 0.05) is 34.8 Å². The number of hydrogen-bond acceptors (Lipinski definition) is 37. The number of rotatable bonds is 15. The van der Waals surface area contributed by atoms with Crippen molar-refractivity contribution in [1.29, 1.82) is 0 Å². The van der Waals surface area contributed by atoms with Crippen LogP contribution in [0.25, 0.3) is 0 Å². The van der Waals surface area contributed by atoms with Crippen LogP contribution in [0.15, 0.2) is 0 Å². The van der Waals surface area contributed by atoms with Crippen molar-refractivity contribution in [2.45, 2.75) is 244 Å². The minimum absolute atomic E-state index is 0.154. The van der Waals surface area contributed by atoms with E-state index >= 15 is 0 Å². The number of ketones is 2. The molecule has 12 bridgehead atoms. The second-order valence-electron chi connectivity index (χ2n) is 22.7. The Morgan fingerprint density at radius 3 is 0.909 bits per heavy atom. The molecule has 18 fully saturated rings. The molecule has 0 saturated carbocycles. The minimum Gasteiger partial charge on any atom is -0.394 e. The summed E-state index contributed by atoms with van der Waals surface area (Å²) in [5, 5.41) is 214. The van der Waals surface area contributed by atoms with Crippen LogP contribution in [0, 0.1) is 11.8 Å². The largest absolute Gasteiger partial charge is 0.394 e. The Morgan fingerprint density at radius 2 is 0.591 bits per heavy atom. The van der Waals surface area contributed by atoms with Gasteiger partial charge in [-0.05, 0) is 20.8 Å². The summed E-state index contributed by atoms with van der Waals surface area (Å²) in [6, 6.07) is 0. The van der Waals surface area contributed by atoms with E-state index in [1.807, 2.05) is 0 Å². The first-order valence-corrected chi connectivity index (χ1v) is 30.9. The van der Waals surface area contributed by atoms with Crippen LogP contribution in [0.2, 0.25) is 0 Å². The summed E-state index contributed by atoms with van der Waals surface area (Å²) in [6.07, 6.45) is -68.4. The van der Waals surface area contributed by atoms with Crippen LogP contribution in [0.1, 0.15) is 34.6 Å². The van der Waals surface area contributed by atoms with Gasteiger partial charge in [0.25, 0.3) is 0 Å². The van der Waals surface area contributed by atoms with Crippen LogP contribution in [-0.2, 0) is 75.9 Å². The van der Waals surface area contributed by atoms with Gasteiger partial charge in [0.2, 0.25) is 0 Å². The molecular formula is C51H86O35S2. The molecule has 14 unspecified atom stereocenters. The van der Waals surface area contributed by atoms with Crippen molar-refractivity contribution in [3.8, 4) is 0 Å². The highest BCUT2D eigenvalue weighted by atomic mass is 32.2. The number of Topliss-reactive ketones (excluding diaryl/α,β-unsaturated/α-hetero) is 2. The lowest BCUT2D eigenvalue weighted by Gasteiger charge is -2.49. The quantitative estimate of drug-likeness (QED) is 0.0724. The SMILES string of the molecule is CC(=O)[C@@H](C)CSCC1O[C@H]2O[C@@H]3C(CO)O[C@H](O[C@@H]4C(CO)O[C@H](OC(O)C(CO)O[C@@H]([C@H](C)O)O[C@@H]5C(CSC[C@H](C)C(C)=O)O[C@H](O[C@@H]6C(CO)O[C@@H](O[C@@H]7C(O)O[C@@H](O[C@H]1C(O)[C@@H]2O)[C@@H](O)C7O)[C@@H](O)C6O)C(O)[C@H]5O)[C@@H](O)C4O)[C@@H](O)C3O. The number of carbonyl (C=O) groups is 2. The zero-order valence-electron chi connectivity index (χ0n) is 48.3. The van der Waals surface area contributed by atoms with E-state index in [2.05, 4.69) is 0 Å². The standard InChI is InChI=1S/C51H86O35S2/c1-14(16(3)56)10-87-12-23-40-28(62)33(67)48(77-23)82-38-20(7-53)74-47(32(66)26(38)60)84-42-30(64)36(70)51(86-44(42)72)83-41-24(13-88-11-15(2)17(4)57)78-49(34(68)29(41)63)81-37-19(6-52)73-46(31(65)25(37)59)80-39-21(8-54)75-50(35(69)27(39)61)85-43(71)22(9-55)76-45(79-40)18(5)58/h14-15,18-55,58-72H,6-13H2,1-5H3/t14-,15-,18-,19?,20?,21?,22?,23?,24?,25?,26?,27?,28+,29?,30?,31-,32-,33?,34-,35-,36-,37+,38+,39+,40+,41+,42-,43?,44?,45+,46+,47-,48+,49-,50+,51+/m0/s1. The fourth-order valence-electron chi connectivity index (χ4n) is 10.5. The highest BCUT2D eigenvalue weighted by Gasteiger charge is 2.58. The van der Waals surface area contributed by atoms with Crippen LogP contribution in [0.4, 0.5) is 0 Å². The van der Waals surface area contributed by atoms with Crippen LogP contribution in [0.5, 0.6) is 0 Å². The summed E-state index contributed by atoms with van der Waals surface area (Å²) in [6.45, 7) is 2.75. The molecule has 35 nitrogen and oxygen atoms in total. The summed E-state index contributed by atoms with van der Waals surface area (Å²) in [5.74, 6) is -1.51. The van der Waals surface area contributed by atoms with Crippen LogP contribution >= 0.6 is 23.5 Å². The molecule has 18 aliphatic rings. The van der Waals surface area contributed by atoms with Gasteiger partial charge in [0.1, 0.15) is 152 Å². The lowest BCUT2D eigenvalue weighted by atomic mass is 9.96. The van der Waals surface area contributed by atoms with Crippen molar-refractivity contribution in [3.63, 3.8) is 0 Å². The number of aliphatic hydroxyl groups excluding tert-OH is 19. The summed E-state index contributed by atoms with van der Waals surface area (Å²) in [7, 11) is 0. The zero-order valence-corrected chi connectivity index (χ0v) is 49.9. The van der Waals surface area contributed by atoms with Crippen molar-refractivity contribution in [2.24, 2.45) is 11.8 Å². The van der Waals surface area contributed by atoms with Gasteiger partial charge < -0.3 is 163 Å². The van der Waals surface area contributed by atoms with E-state index in [1.54, 1.807) is 13.8 Å². The predicted molar refractivity (Wildman–Crippen MR) is 286 cm³/mol. The Morgan fingerprint density at radius 1 is 0.330 bits per heavy atom. The molecule has 0 aliphatic carbocycles. The number of ether oxygens (including phenoxy) is 14. The molecule has 512 valence electrons. The maximum atomic E-state index is 12.2. The van der Waals surface area contributed by atoms with Gasteiger partial charge in [-0.1, -0.05) is 13.8 Å². The van der Waals surface area contributed by atoms with Crippen molar-refractivity contribution in [1.82, 2.24) is 0 Å². The zero-order chi connectivity index (χ0) is 64.9. The molecule has 88 heavy (non-hydrogen) atoms. The average Bonchev–Trinajstić information content (AvgIpc) is 0.989. The van der Waals surface area contributed by atoms with Gasteiger partial charge in [-0.15, -0.1) is 0 Å². The molecule has 19 N–H and O–H groups in total. The van der Waals surface area contributed by atoms with Gasteiger partial charge in [-0.3, -0.25) is 9.59 Å². The number of aliphatic hydroxyl groups is 19. The lowest BCUT2D eigenvalue weighted by molar-refractivity contribution is -0.408. The van der Waals surface area contributed by atoms with E-state index in [0.29, 0.717) is 0 Å². The Labute approximate surface area is 511 Å². The first kappa shape index (κ1) is 74.1. The molecule has 18 saturated heterocycles. The summed E-state index contributed by atoms with van der Waals surface area (Å²) >= 11 is 2.17. The smallest absolute Gasteiger partial charge is 0.189 e. The molecular weight excluding hydrogens is 1240 g/mol. The molecule has 0 spiro atoms. The average molecular weight is 1320 g/mol. The molecule has 36 atom stereocenters. The van der Waals surface area contributed by atoms with Gasteiger partial charge in [-0.2, -0.15) is 23.5 Å². The monoisotopic (exact) mass is 1320 g/mol. The van der Waals surface area contributed by atoms with E-state index in [0.717, 1.165) is 30.4 Å². The van der Waals surface area contributed by atoms with E-state index in [1.165, 1.54) is 13.8 Å². The fraction of sp³-hybridized carbons (Fsp3) is 0.961. The Balaban J connectivity index is 1.21. The number of thioether (sulfide) groups is 2. The summed E-state index contributed by atoms with van der Waals surface area (Å²) in [4.78, 5) is 24.3. The van der Waals surface area contributed by atoms with E-state index < -0.39 is 247 Å². The van der Waals surface area contributed by atoms with E-state index in [4.69, 9.17) is 66.3 Å². The first-order chi connectivity index (χ1) is 41.6. The second-order valence-corrected chi connectivity index (χ2v) is 24.9. The highest BCUT2D eigenvalue weighted by molar-refractivity contribution is 7.99. The van der Waals surface area contributed by atoms with Crippen LogP contribution < -0.4 is 0 Å². The van der Waals surface area contributed by atoms with Crippen LogP contribution in [-0.4, -0.2) is 367 Å². The second kappa shape index (κ2) is 32.9. The molecule has 18 rings (SSSR count). The fourth-order valence-corrected chi connectivity index (χ4v) is 12.9.